The third-order valence-electron chi connectivity index (χ3n) is 4.88. The van der Waals surface area contributed by atoms with Crippen LogP contribution in [0.1, 0.15) is 46.7 Å². The second kappa shape index (κ2) is 8.84. The summed E-state index contributed by atoms with van der Waals surface area (Å²) in [7, 11) is 1.67. The first-order valence-corrected chi connectivity index (χ1v) is 9.41. The van der Waals surface area contributed by atoms with Crippen molar-refractivity contribution in [3.63, 3.8) is 0 Å². The van der Waals surface area contributed by atoms with Crippen molar-refractivity contribution < 1.29 is 9.59 Å². The van der Waals surface area contributed by atoms with Gasteiger partial charge in [-0.15, -0.1) is 0 Å². The van der Waals surface area contributed by atoms with Crippen LogP contribution in [0, 0.1) is 20.8 Å². The summed E-state index contributed by atoms with van der Waals surface area (Å²) in [6.07, 6.45) is 0. The minimum atomic E-state index is -0.166. The van der Waals surface area contributed by atoms with Gasteiger partial charge in [-0.2, -0.15) is 5.10 Å². The molecule has 146 valence electrons. The normalized spacial score (nSPS) is 10.7. The minimum Gasteiger partial charge on any atom is -0.342 e. The summed E-state index contributed by atoms with van der Waals surface area (Å²) < 4.78 is 1.85. The van der Waals surface area contributed by atoms with E-state index in [2.05, 4.69) is 36.3 Å². The van der Waals surface area contributed by atoms with Crippen molar-refractivity contribution >= 4 is 11.8 Å². The second-order valence-corrected chi connectivity index (χ2v) is 6.92. The molecule has 6 nitrogen and oxygen atoms in total. The zero-order valence-corrected chi connectivity index (χ0v) is 17.2. The fraction of sp³-hybridized carbons (Fsp3) is 0.476. The number of carbonyl (C=O) groups is 2. The molecule has 27 heavy (non-hydrogen) atoms. The highest BCUT2D eigenvalue weighted by molar-refractivity contribution is 5.98. The molecule has 1 heterocycles. The third-order valence-corrected chi connectivity index (χ3v) is 4.88. The number of hydrogen-bond acceptors (Lipinski definition) is 3. The van der Waals surface area contributed by atoms with Crippen molar-refractivity contribution in [1.29, 1.82) is 0 Å². The van der Waals surface area contributed by atoms with Crippen molar-refractivity contribution in [2.75, 3.05) is 26.7 Å². The number of nitrogens with zero attached hydrogens (tertiary/aromatic N) is 4. The van der Waals surface area contributed by atoms with Gasteiger partial charge in [0.1, 0.15) is 0 Å². The molecular formula is C21H30N4O2. The molecule has 0 aliphatic carbocycles. The summed E-state index contributed by atoms with van der Waals surface area (Å²) in [5.41, 5.74) is 4.43. The van der Waals surface area contributed by atoms with E-state index in [0.717, 1.165) is 11.3 Å². The quantitative estimate of drug-likeness (QED) is 0.753. The van der Waals surface area contributed by atoms with Crippen LogP contribution >= 0.6 is 0 Å². The first kappa shape index (κ1) is 20.7. The molecule has 1 aromatic heterocycles. The Labute approximate surface area is 161 Å². The molecule has 0 spiro atoms. The zero-order valence-electron chi connectivity index (χ0n) is 17.2. The summed E-state index contributed by atoms with van der Waals surface area (Å²) >= 11 is 0. The van der Waals surface area contributed by atoms with Crippen molar-refractivity contribution in [1.82, 2.24) is 19.6 Å². The van der Waals surface area contributed by atoms with E-state index < -0.39 is 0 Å². The molecule has 2 aromatic rings. The van der Waals surface area contributed by atoms with Gasteiger partial charge in [0, 0.05) is 25.8 Å². The van der Waals surface area contributed by atoms with Gasteiger partial charge in [-0.25, -0.2) is 0 Å². The van der Waals surface area contributed by atoms with Crippen LogP contribution in [-0.2, 0) is 11.3 Å². The number of rotatable bonds is 7. The number of benzene rings is 1. The summed E-state index contributed by atoms with van der Waals surface area (Å²) in [6.45, 7) is 11.6. The fourth-order valence-electron chi connectivity index (χ4n) is 3.17. The smallest absolute Gasteiger partial charge is 0.257 e. The van der Waals surface area contributed by atoms with Gasteiger partial charge in [-0.3, -0.25) is 14.3 Å². The lowest BCUT2D eigenvalue weighted by Gasteiger charge is -2.23. The number of aryl methyl sites for hydroxylation is 2. The van der Waals surface area contributed by atoms with Gasteiger partial charge in [-0.05, 0) is 40.2 Å². The highest BCUT2D eigenvalue weighted by atomic mass is 16.2. The summed E-state index contributed by atoms with van der Waals surface area (Å²) in [5, 5.41) is 4.55. The molecule has 0 bridgehead atoms. The Bertz CT molecular complexity index is 804. The molecular weight excluding hydrogens is 340 g/mol. The van der Waals surface area contributed by atoms with Crippen LogP contribution < -0.4 is 0 Å². The van der Waals surface area contributed by atoms with E-state index in [0.29, 0.717) is 30.9 Å². The Kier molecular flexibility index (Phi) is 6.77. The standard InChI is InChI=1S/C21H30N4O2/c1-7-24(8-2)19(26)14-23(6)21(27)20-16(4)22-25(17(20)5)13-18-11-9-15(3)10-12-18/h9-12H,7-8,13-14H2,1-6H3. The third kappa shape index (κ3) is 4.76. The summed E-state index contributed by atoms with van der Waals surface area (Å²) in [5.74, 6) is -0.209. The van der Waals surface area contributed by atoms with Crippen LogP contribution in [-0.4, -0.2) is 58.1 Å². The number of likely N-dealkylation sites (N-methyl/N-ethyl adjacent to an activating group) is 2. The lowest BCUT2D eigenvalue weighted by atomic mass is 10.1. The van der Waals surface area contributed by atoms with Gasteiger partial charge in [-0.1, -0.05) is 29.8 Å². The Hall–Kier alpha value is -2.63. The van der Waals surface area contributed by atoms with Gasteiger partial charge >= 0.3 is 0 Å². The Morgan fingerprint density at radius 1 is 1.04 bits per heavy atom. The maximum Gasteiger partial charge on any atom is 0.257 e. The van der Waals surface area contributed by atoms with Crippen LogP contribution in [0.15, 0.2) is 24.3 Å². The molecule has 0 fully saturated rings. The molecule has 1 aromatic carbocycles. The van der Waals surface area contributed by atoms with E-state index in [9.17, 15) is 9.59 Å². The minimum absolute atomic E-state index is 0.0433. The molecule has 0 unspecified atom stereocenters. The van der Waals surface area contributed by atoms with E-state index in [1.807, 2.05) is 32.4 Å². The second-order valence-electron chi connectivity index (χ2n) is 6.92. The average molecular weight is 370 g/mol. The van der Waals surface area contributed by atoms with E-state index in [-0.39, 0.29) is 18.4 Å². The Morgan fingerprint density at radius 3 is 2.19 bits per heavy atom. The molecule has 0 N–H and O–H groups in total. The van der Waals surface area contributed by atoms with Gasteiger partial charge in [0.25, 0.3) is 5.91 Å². The SMILES string of the molecule is CCN(CC)C(=O)CN(C)C(=O)c1c(C)nn(Cc2ccc(C)cc2)c1C. The van der Waals surface area contributed by atoms with Crippen LogP contribution in [0.5, 0.6) is 0 Å². The first-order chi connectivity index (χ1) is 12.8. The van der Waals surface area contributed by atoms with Crippen molar-refractivity contribution in [3.8, 4) is 0 Å². The predicted molar refractivity (Wildman–Crippen MR) is 107 cm³/mol. The molecule has 0 aliphatic rings. The maximum absolute atomic E-state index is 12.9. The number of amides is 2. The summed E-state index contributed by atoms with van der Waals surface area (Å²) in [4.78, 5) is 28.4. The molecule has 2 amide bonds. The molecule has 0 aliphatic heterocycles. The number of hydrogen-bond donors (Lipinski definition) is 0. The van der Waals surface area contributed by atoms with Crippen molar-refractivity contribution in [2.24, 2.45) is 0 Å². The molecule has 0 radical (unpaired) electrons. The highest BCUT2D eigenvalue weighted by Crippen LogP contribution is 2.17. The Balaban J connectivity index is 2.18. The molecule has 0 atom stereocenters. The van der Waals surface area contributed by atoms with Gasteiger partial charge in [0.05, 0.1) is 24.3 Å². The zero-order chi connectivity index (χ0) is 20.1. The first-order valence-electron chi connectivity index (χ1n) is 9.41. The van der Waals surface area contributed by atoms with Crippen LogP contribution in [0.3, 0.4) is 0 Å². The van der Waals surface area contributed by atoms with E-state index in [1.165, 1.54) is 10.5 Å². The lowest BCUT2D eigenvalue weighted by Crippen LogP contribution is -2.41. The monoisotopic (exact) mass is 370 g/mol. The van der Waals surface area contributed by atoms with Crippen molar-refractivity contribution in [2.45, 2.75) is 41.2 Å². The van der Waals surface area contributed by atoms with Crippen LogP contribution in [0.25, 0.3) is 0 Å². The highest BCUT2D eigenvalue weighted by Gasteiger charge is 2.24. The van der Waals surface area contributed by atoms with Gasteiger partial charge in [0.2, 0.25) is 5.91 Å². The number of aromatic nitrogens is 2. The summed E-state index contributed by atoms with van der Waals surface area (Å²) in [6, 6.07) is 8.28. The van der Waals surface area contributed by atoms with E-state index in [4.69, 9.17) is 0 Å². The van der Waals surface area contributed by atoms with Crippen LogP contribution in [0.2, 0.25) is 0 Å². The topological polar surface area (TPSA) is 58.4 Å². The Morgan fingerprint density at radius 2 is 1.63 bits per heavy atom. The molecule has 0 saturated carbocycles. The lowest BCUT2D eigenvalue weighted by molar-refractivity contribution is -0.131. The fourth-order valence-corrected chi connectivity index (χ4v) is 3.17. The van der Waals surface area contributed by atoms with Crippen molar-refractivity contribution in [3.05, 3.63) is 52.3 Å². The molecule has 0 saturated heterocycles. The number of carbonyl (C=O) groups excluding carboxylic acids is 2. The average Bonchev–Trinajstić information content (AvgIpc) is 2.90. The predicted octanol–water partition coefficient (Wildman–Crippen LogP) is 2.80. The van der Waals surface area contributed by atoms with Crippen LogP contribution in [0.4, 0.5) is 0 Å². The molecule has 6 heteroatoms. The largest absolute Gasteiger partial charge is 0.342 e. The van der Waals surface area contributed by atoms with E-state index >= 15 is 0 Å². The van der Waals surface area contributed by atoms with Gasteiger partial charge < -0.3 is 9.80 Å². The molecule has 2 rings (SSSR count). The van der Waals surface area contributed by atoms with E-state index in [1.54, 1.807) is 11.9 Å². The maximum atomic E-state index is 12.9. The van der Waals surface area contributed by atoms with Gasteiger partial charge in [0.15, 0.2) is 0 Å².